The van der Waals surface area contributed by atoms with Crippen LogP contribution in [0.4, 0.5) is 0 Å². The number of sulfone groups is 1. The lowest BCUT2D eigenvalue weighted by Gasteiger charge is -2.01. The molecule has 0 radical (unpaired) electrons. The molecule has 0 saturated carbocycles. The second kappa shape index (κ2) is 6.50. The van der Waals surface area contributed by atoms with E-state index in [9.17, 15) is 13.2 Å². The third-order valence-corrected chi connectivity index (χ3v) is 6.45. The van der Waals surface area contributed by atoms with E-state index in [4.69, 9.17) is 9.47 Å². The van der Waals surface area contributed by atoms with Crippen molar-refractivity contribution < 1.29 is 22.7 Å². The van der Waals surface area contributed by atoms with Crippen LogP contribution < -0.4 is 14.3 Å². The zero-order valence-electron chi connectivity index (χ0n) is 14.6. The topological polar surface area (TPSA) is 87.0 Å². The van der Waals surface area contributed by atoms with Crippen molar-refractivity contribution in [2.24, 2.45) is 12.0 Å². The highest BCUT2D eigenvalue weighted by Gasteiger charge is 2.17. The second-order valence-corrected chi connectivity index (χ2v) is 9.24. The second-order valence-electron chi connectivity index (χ2n) is 6.22. The standard InChI is InChI=1S/C18H16N2O5S2/c1-20-13-8-14-15(25-10-24-14)9-16(13)26-18(20)19-17(21)7-11-3-5-12(6-4-11)27(2,22)23/h3-6,8-9H,7,10H2,1-2H3. The van der Waals surface area contributed by atoms with E-state index in [0.29, 0.717) is 21.9 Å². The molecule has 4 rings (SSSR count). The number of ether oxygens (including phenoxy) is 2. The molecule has 2 heterocycles. The minimum atomic E-state index is -3.25. The number of thiazole rings is 1. The van der Waals surface area contributed by atoms with E-state index >= 15 is 0 Å². The van der Waals surface area contributed by atoms with Gasteiger partial charge in [0, 0.05) is 25.4 Å². The lowest BCUT2D eigenvalue weighted by Crippen LogP contribution is -2.14. The van der Waals surface area contributed by atoms with Gasteiger partial charge in [-0.05, 0) is 17.7 Å². The molecule has 1 amide bonds. The lowest BCUT2D eigenvalue weighted by atomic mass is 10.1. The highest BCUT2D eigenvalue weighted by Crippen LogP contribution is 2.36. The van der Waals surface area contributed by atoms with Crippen LogP contribution in [0, 0.1) is 0 Å². The van der Waals surface area contributed by atoms with E-state index in [1.54, 1.807) is 12.1 Å². The Morgan fingerprint density at radius 3 is 2.52 bits per heavy atom. The van der Waals surface area contributed by atoms with Crippen LogP contribution >= 0.6 is 11.3 Å². The predicted octanol–water partition coefficient (Wildman–Crippen LogP) is 2.04. The number of aryl methyl sites for hydroxylation is 1. The van der Waals surface area contributed by atoms with Gasteiger partial charge in [-0.25, -0.2) is 8.42 Å². The van der Waals surface area contributed by atoms with Crippen LogP contribution in [0.3, 0.4) is 0 Å². The van der Waals surface area contributed by atoms with Crippen molar-refractivity contribution in [3.05, 3.63) is 46.8 Å². The van der Waals surface area contributed by atoms with Gasteiger partial charge in [0.15, 0.2) is 26.1 Å². The molecule has 0 aliphatic carbocycles. The minimum Gasteiger partial charge on any atom is -0.454 e. The van der Waals surface area contributed by atoms with Gasteiger partial charge in [-0.2, -0.15) is 4.99 Å². The minimum absolute atomic E-state index is 0.0982. The molecule has 0 fully saturated rings. The predicted molar refractivity (Wildman–Crippen MR) is 101 cm³/mol. The van der Waals surface area contributed by atoms with E-state index in [0.717, 1.165) is 16.5 Å². The maximum absolute atomic E-state index is 12.4. The van der Waals surface area contributed by atoms with Crippen molar-refractivity contribution in [1.29, 1.82) is 0 Å². The first kappa shape index (κ1) is 17.7. The Kier molecular flexibility index (Phi) is 4.27. The molecule has 0 saturated heterocycles. The first-order chi connectivity index (χ1) is 12.8. The van der Waals surface area contributed by atoms with Gasteiger partial charge in [0.2, 0.25) is 6.79 Å². The van der Waals surface area contributed by atoms with E-state index < -0.39 is 9.84 Å². The first-order valence-corrected chi connectivity index (χ1v) is 10.8. The number of fused-ring (bicyclic) bond motifs is 2. The average Bonchev–Trinajstić information content (AvgIpc) is 3.17. The molecule has 0 bridgehead atoms. The highest BCUT2D eigenvalue weighted by molar-refractivity contribution is 7.90. The summed E-state index contributed by atoms with van der Waals surface area (Å²) in [5.41, 5.74) is 1.62. The summed E-state index contributed by atoms with van der Waals surface area (Å²) in [6, 6.07) is 10.0. The summed E-state index contributed by atoms with van der Waals surface area (Å²) in [7, 11) is -1.41. The van der Waals surface area contributed by atoms with Crippen molar-refractivity contribution in [1.82, 2.24) is 4.57 Å². The molecule has 0 unspecified atom stereocenters. The molecule has 140 valence electrons. The number of hydrogen-bond donors (Lipinski definition) is 0. The van der Waals surface area contributed by atoms with Gasteiger partial charge in [-0.3, -0.25) is 4.79 Å². The van der Waals surface area contributed by atoms with Gasteiger partial charge in [-0.15, -0.1) is 0 Å². The largest absolute Gasteiger partial charge is 0.454 e. The molecular weight excluding hydrogens is 388 g/mol. The Hall–Kier alpha value is -2.65. The van der Waals surface area contributed by atoms with Crippen LogP contribution in [0.2, 0.25) is 0 Å². The number of hydrogen-bond acceptors (Lipinski definition) is 6. The van der Waals surface area contributed by atoms with Gasteiger partial charge < -0.3 is 14.0 Å². The van der Waals surface area contributed by atoms with Crippen LogP contribution in [-0.4, -0.2) is 31.9 Å². The highest BCUT2D eigenvalue weighted by atomic mass is 32.2. The summed E-state index contributed by atoms with van der Waals surface area (Å²) in [4.78, 5) is 17.4. The monoisotopic (exact) mass is 404 g/mol. The number of nitrogens with zero attached hydrogens (tertiary/aromatic N) is 2. The molecule has 3 aromatic rings. The molecule has 7 nitrogen and oxygen atoms in total. The van der Waals surface area contributed by atoms with Gasteiger partial charge in [-0.1, -0.05) is 23.5 Å². The van der Waals surface area contributed by atoms with Crippen molar-refractivity contribution in [2.45, 2.75) is 11.3 Å². The summed E-state index contributed by atoms with van der Waals surface area (Å²) >= 11 is 1.40. The van der Waals surface area contributed by atoms with Crippen molar-refractivity contribution in [3.8, 4) is 11.5 Å². The zero-order valence-corrected chi connectivity index (χ0v) is 16.3. The summed E-state index contributed by atoms with van der Waals surface area (Å²) in [5.74, 6) is 1.07. The fraction of sp³-hybridized carbons (Fsp3) is 0.222. The van der Waals surface area contributed by atoms with Crippen LogP contribution in [0.25, 0.3) is 10.2 Å². The quantitative estimate of drug-likeness (QED) is 0.667. The van der Waals surface area contributed by atoms with Crippen LogP contribution in [0.1, 0.15) is 5.56 Å². The number of benzene rings is 2. The van der Waals surface area contributed by atoms with Crippen LogP contribution in [0.15, 0.2) is 46.3 Å². The van der Waals surface area contributed by atoms with Gasteiger partial charge in [0.25, 0.3) is 5.91 Å². The van der Waals surface area contributed by atoms with Gasteiger partial charge in [0.05, 0.1) is 21.5 Å². The lowest BCUT2D eigenvalue weighted by molar-refractivity contribution is -0.117. The third-order valence-electron chi connectivity index (χ3n) is 4.23. The molecule has 1 aliphatic rings. The molecule has 27 heavy (non-hydrogen) atoms. The van der Waals surface area contributed by atoms with Crippen LogP contribution in [0.5, 0.6) is 11.5 Å². The first-order valence-electron chi connectivity index (χ1n) is 8.07. The number of amides is 1. The maximum Gasteiger partial charge on any atom is 0.252 e. The SMILES string of the molecule is Cn1c(=NC(=O)Cc2ccc(S(C)(=O)=O)cc2)sc2cc3c(cc21)OCO3. The average molecular weight is 404 g/mol. The Bertz CT molecular complexity index is 1220. The Labute approximate surface area is 159 Å². The third kappa shape index (κ3) is 3.47. The number of rotatable bonds is 3. The smallest absolute Gasteiger partial charge is 0.252 e. The van der Waals surface area contributed by atoms with Crippen molar-refractivity contribution >= 4 is 37.3 Å². The molecule has 1 aliphatic heterocycles. The zero-order chi connectivity index (χ0) is 19.2. The number of carbonyl (C=O) groups is 1. The molecule has 1 aromatic heterocycles. The summed E-state index contributed by atoms with van der Waals surface area (Å²) in [5, 5.41) is 0. The molecule has 0 atom stereocenters. The Morgan fingerprint density at radius 2 is 1.85 bits per heavy atom. The molecule has 2 aromatic carbocycles. The van der Waals surface area contributed by atoms with E-state index in [1.807, 2.05) is 23.7 Å². The summed E-state index contributed by atoms with van der Waals surface area (Å²) in [6.45, 7) is 0.212. The molecule has 0 N–H and O–H groups in total. The fourth-order valence-electron chi connectivity index (χ4n) is 2.80. The molecule has 9 heteroatoms. The Morgan fingerprint density at radius 1 is 1.19 bits per heavy atom. The van der Waals surface area contributed by atoms with Crippen molar-refractivity contribution in [3.63, 3.8) is 0 Å². The Balaban J connectivity index is 1.61. The van der Waals surface area contributed by atoms with Crippen LogP contribution in [-0.2, 0) is 28.1 Å². The van der Waals surface area contributed by atoms with Crippen molar-refractivity contribution in [2.75, 3.05) is 13.0 Å². The maximum atomic E-state index is 12.4. The van der Waals surface area contributed by atoms with E-state index in [2.05, 4.69) is 4.99 Å². The molecule has 0 spiro atoms. The normalized spacial score (nSPS) is 14.1. The molecular formula is C18H16N2O5S2. The van der Waals surface area contributed by atoms with E-state index in [1.165, 1.54) is 23.5 Å². The summed E-state index contributed by atoms with van der Waals surface area (Å²) < 4.78 is 36.6. The number of carbonyl (C=O) groups excluding carboxylic acids is 1. The van der Waals surface area contributed by atoms with E-state index in [-0.39, 0.29) is 24.0 Å². The van der Waals surface area contributed by atoms with Gasteiger partial charge >= 0.3 is 0 Å². The fourth-order valence-corrected chi connectivity index (χ4v) is 4.48. The number of aromatic nitrogens is 1. The van der Waals surface area contributed by atoms with Gasteiger partial charge in [0.1, 0.15) is 0 Å². The summed E-state index contributed by atoms with van der Waals surface area (Å²) in [6.07, 6.45) is 1.25.